The molecule has 7 nitrogen and oxygen atoms in total. The molecule has 7 heteroatoms. The SMILES string of the molecule is COc1ccc2cc(C(=O)OCCCCN3C(=O)c4ccccc4C3=O)c(C)nc2c1. The molecule has 2 heterocycles. The van der Waals surface area contributed by atoms with Crippen molar-refractivity contribution < 1.29 is 23.9 Å². The van der Waals surface area contributed by atoms with Crippen LogP contribution >= 0.6 is 0 Å². The number of esters is 1. The van der Waals surface area contributed by atoms with E-state index >= 15 is 0 Å². The quantitative estimate of drug-likeness (QED) is 0.330. The summed E-state index contributed by atoms with van der Waals surface area (Å²) in [6.07, 6.45) is 1.09. The van der Waals surface area contributed by atoms with Gasteiger partial charge in [-0.3, -0.25) is 19.5 Å². The molecule has 0 aliphatic carbocycles. The molecule has 0 atom stereocenters. The summed E-state index contributed by atoms with van der Waals surface area (Å²) in [7, 11) is 1.59. The lowest BCUT2D eigenvalue weighted by atomic mass is 10.1. The van der Waals surface area contributed by atoms with Gasteiger partial charge in [0, 0.05) is 18.0 Å². The molecule has 0 N–H and O–H groups in total. The molecular formula is C24H22N2O5. The minimum Gasteiger partial charge on any atom is -0.497 e. The zero-order valence-corrected chi connectivity index (χ0v) is 17.4. The Hall–Kier alpha value is -3.74. The number of fused-ring (bicyclic) bond motifs is 2. The summed E-state index contributed by atoms with van der Waals surface area (Å²) in [5, 5.41) is 0.823. The van der Waals surface area contributed by atoms with Crippen LogP contribution in [0.5, 0.6) is 5.75 Å². The number of hydrogen-bond donors (Lipinski definition) is 0. The molecule has 158 valence electrons. The number of methoxy groups -OCH3 is 1. The number of carbonyl (C=O) groups excluding carboxylic acids is 3. The zero-order chi connectivity index (χ0) is 22.0. The Balaban J connectivity index is 1.30. The molecule has 0 spiro atoms. The first-order valence-electron chi connectivity index (χ1n) is 10.1. The van der Waals surface area contributed by atoms with Crippen LogP contribution in [-0.4, -0.2) is 47.9 Å². The van der Waals surface area contributed by atoms with Crippen molar-refractivity contribution >= 4 is 28.7 Å². The molecule has 0 fully saturated rings. The summed E-state index contributed by atoms with van der Waals surface area (Å²) in [6, 6.07) is 14.0. The van der Waals surface area contributed by atoms with E-state index in [0.717, 1.165) is 10.9 Å². The van der Waals surface area contributed by atoms with Gasteiger partial charge in [-0.15, -0.1) is 0 Å². The van der Waals surface area contributed by atoms with E-state index in [1.165, 1.54) is 4.90 Å². The van der Waals surface area contributed by atoms with Crippen molar-refractivity contribution in [2.45, 2.75) is 19.8 Å². The van der Waals surface area contributed by atoms with Crippen molar-refractivity contribution in [2.75, 3.05) is 20.3 Å². The predicted octanol–water partition coefficient (Wildman–Crippen LogP) is 3.79. The minimum atomic E-state index is -0.441. The van der Waals surface area contributed by atoms with Gasteiger partial charge >= 0.3 is 5.97 Å². The van der Waals surface area contributed by atoms with Gasteiger partial charge in [-0.25, -0.2) is 4.79 Å². The summed E-state index contributed by atoms with van der Waals surface area (Å²) >= 11 is 0. The summed E-state index contributed by atoms with van der Waals surface area (Å²) < 4.78 is 10.6. The highest BCUT2D eigenvalue weighted by molar-refractivity contribution is 6.21. The van der Waals surface area contributed by atoms with Crippen molar-refractivity contribution in [2.24, 2.45) is 0 Å². The Morgan fingerprint density at radius 3 is 2.39 bits per heavy atom. The van der Waals surface area contributed by atoms with E-state index in [4.69, 9.17) is 9.47 Å². The van der Waals surface area contributed by atoms with Crippen LogP contribution in [0, 0.1) is 6.92 Å². The number of imide groups is 1. The van der Waals surface area contributed by atoms with Gasteiger partial charge < -0.3 is 9.47 Å². The van der Waals surface area contributed by atoms with Crippen LogP contribution < -0.4 is 4.74 Å². The number of rotatable bonds is 7. The molecule has 0 radical (unpaired) electrons. The second kappa shape index (κ2) is 8.55. The summed E-state index contributed by atoms with van der Waals surface area (Å²) in [4.78, 5) is 42.9. The Morgan fingerprint density at radius 2 is 1.71 bits per heavy atom. The minimum absolute atomic E-state index is 0.197. The van der Waals surface area contributed by atoms with Crippen molar-refractivity contribution in [1.29, 1.82) is 0 Å². The molecule has 3 aromatic rings. The molecule has 0 unspecified atom stereocenters. The van der Waals surface area contributed by atoms with Gasteiger partial charge in [0.2, 0.25) is 0 Å². The number of aromatic nitrogens is 1. The van der Waals surface area contributed by atoms with Crippen molar-refractivity contribution in [3.63, 3.8) is 0 Å². The Labute approximate surface area is 179 Å². The van der Waals surface area contributed by atoms with E-state index in [1.54, 1.807) is 44.4 Å². The number of nitrogens with zero attached hydrogens (tertiary/aromatic N) is 2. The number of hydrogen-bond acceptors (Lipinski definition) is 6. The highest BCUT2D eigenvalue weighted by atomic mass is 16.5. The van der Waals surface area contributed by atoms with Gasteiger partial charge in [-0.05, 0) is 50.1 Å². The topological polar surface area (TPSA) is 85.8 Å². The molecule has 0 saturated carbocycles. The van der Waals surface area contributed by atoms with Crippen LogP contribution in [0.25, 0.3) is 10.9 Å². The van der Waals surface area contributed by atoms with Crippen LogP contribution in [0.3, 0.4) is 0 Å². The Kier molecular flexibility index (Phi) is 5.66. The first-order valence-corrected chi connectivity index (χ1v) is 10.1. The van der Waals surface area contributed by atoms with Gasteiger partial charge in [0.1, 0.15) is 5.75 Å². The van der Waals surface area contributed by atoms with Crippen molar-refractivity contribution in [3.8, 4) is 5.75 Å². The van der Waals surface area contributed by atoms with Crippen LogP contribution in [0.15, 0.2) is 48.5 Å². The normalized spacial score (nSPS) is 12.9. The second-order valence-electron chi connectivity index (χ2n) is 7.33. The molecular weight excluding hydrogens is 396 g/mol. The molecule has 0 bridgehead atoms. The average Bonchev–Trinajstić information content (AvgIpc) is 3.02. The molecule has 2 amide bonds. The lowest BCUT2D eigenvalue weighted by Gasteiger charge is -2.13. The first-order chi connectivity index (χ1) is 15.0. The first kappa shape index (κ1) is 20.5. The highest BCUT2D eigenvalue weighted by Gasteiger charge is 2.34. The third-order valence-electron chi connectivity index (χ3n) is 5.32. The largest absolute Gasteiger partial charge is 0.497 e. The predicted molar refractivity (Wildman–Crippen MR) is 114 cm³/mol. The third-order valence-corrected chi connectivity index (χ3v) is 5.32. The van der Waals surface area contributed by atoms with Gasteiger partial charge in [0.05, 0.1) is 41.6 Å². The fourth-order valence-electron chi connectivity index (χ4n) is 3.63. The number of aryl methyl sites for hydroxylation is 1. The molecule has 1 aliphatic rings. The molecule has 1 aromatic heterocycles. The van der Waals surface area contributed by atoms with Crippen molar-refractivity contribution in [1.82, 2.24) is 9.88 Å². The maximum atomic E-state index is 12.5. The van der Waals surface area contributed by atoms with E-state index in [0.29, 0.717) is 47.5 Å². The molecule has 2 aromatic carbocycles. The molecule has 31 heavy (non-hydrogen) atoms. The van der Waals surface area contributed by atoms with Crippen LogP contribution in [-0.2, 0) is 4.74 Å². The van der Waals surface area contributed by atoms with Crippen LogP contribution in [0.1, 0.15) is 49.6 Å². The number of pyridine rings is 1. The van der Waals surface area contributed by atoms with E-state index < -0.39 is 5.97 Å². The van der Waals surface area contributed by atoms with Crippen molar-refractivity contribution in [3.05, 3.63) is 70.9 Å². The maximum Gasteiger partial charge on any atom is 0.339 e. The van der Waals surface area contributed by atoms with E-state index in [2.05, 4.69) is 4.98 Å². The van der Waals surface area contributed by atoms with Gasteiger partial charge in [0.25, 0.3) is 11.8 Å². The van der Waals surface area contributed by atoms with E-state index in [1.807, 2.05) is 18.2 Å². The summed E-state index contributed by atoms with van der Waals surface area (Å²) in [5.74, 6) is -0.282. The number of amides is 2. The average molecular weight is 418 g/mol. The number of ether oxygens (including phenoxy) is 2. The van der Waals surface area contributed by atoms with E-state index in [-0.39, 0.29) is 18.4 Å². The maximum absolute atomic E-state index is 12.5. The van der Waals surface area contributed by atoms with Gasteiger partial charge in [-0.1, -0.05) is 12.1 Å². The molecule has 0 saturated heterocycles. The highest BCUT2D eigenvalue weighted by Crippen LogP contribution is 2.23. The summed E-state index contributed by atoms with van der Waals surface area (Å²) in [6.45, 7) is 2.25. The van der Waals surface area contributed by atoms with Gasteiger partial charge in [-0.2, -0.15) is 0 Å². The zero-order valence-electron chi connectivity index (χ0n) is 17.4. The number of benzene rings is 2. The smallest absolute Gasteiger partial charge is 0.339 e. The summed E-state index contributed by atoms with van der Waals surface area (Å²) in [5.41, 5.74) is 2.62. The number of unbranched alkanes of at least 4 members (excludes halogenated alkanes) is 1. The monoisotopic (exact) mass is 418 g/mol. The number of carbonyl (C=O) groups is 3. The molecule has 4 rings (SSSR count). The third kappa shape index (κ3) is 3.99. The van der Waals surface area contributed by atoms with Gasteiger partial charge in [0.15, 0.2) is 0 Å². The fraction of sp³-hybridized carbons (Fsp3) is 0.250. The fourth-order valence-corrected chi connectivity index (χ4v) is 3.63. The lowest BCUT2D eigenvalue weighted by molar-refractivity contribution is 0.0484. The Bertz CT molecular complexity index is 1150. The second-order valence-corrected chi connectivity index (χ2v) is 7.33. The standard InChI is InChI=1S/C24H22N2O5/c1-15-20(13-16-9-10-17(30-2)14-21(16)25-15)24(29)31-12-6-5-11-26-22(27)18-7-3-4-8-19(18)23(26)28/h3-4,7-10,13-14H,5-6,11-12H2,1-2H3. The van der Waals surface area contributed by atoms with E-state index in [9.17, 15) is 14.4 Å². The Morgan fingerprint density at radius 1 is 1.00 bits per heavy atom. The van der Waals surface area contributed by atoms with Crippen LogP contribution in [0.4, 0.5) is 0 Å². The lowest BCUT2D eigenvalue weighted by Crippen LogP contribution is -2.30. The molecule has 1 aliphatic heterocycles. The van der Waals surface area contributed by atoms with Crippen LogP contribution in [0.2, 0.25) is 0 Å².